The lowest BCUT2D eigenvalue weighted by Crippen LogP contribution is -2.36. The zero-order chi connectivity index (χ0) is 19.5. The van der Waals surface area contributed by atoms with Crippen molar-refractivity contribution < 1.29 is 14.7 Å². The molecule has 0 aromatic heterocycles. The monoisotopic (exact) mass is 377 g/mol. The molecule has 146 valence electrons. The lowest BCUT2D eigenvalue weighted by atomic mass is 9.79. The number of aromatic carboxylic acids is 1. The first-order valence-electron chi connectivity index (χ1n) is 10.3. The molecular weight excluding hydrogens is 350 g/mol. The Balaban J connectivity index is 1.32. The van der Waals surface area contributed by atoms with Crippen LogP contribution in [0.5, 0.6) is 0 Å². The van der Waals surface area contributed by atoms with Crippen LogP contribution in [0.25, 0.3) is 0 Å². The second kappa shape index (κ2) is 8.27. The fraction of sp³-hybridized carbons (Fsp3) is 0.417. The van der Waals surface area contributed by atoms with Crippen LogP contribution in [0.1, 0.15) is 63.4 Å². The number of fused-ring (bicyclic) bond motifs is 1. The molecule has 28 heavy (non-hydrogen) atoms. The number of hydrogen-bond donors (Lipinski definition) is 1. The number of rotatable bonds is 5. The van der Waals surface area contributed by atoms with Gasteiger partial charge in [0.15, 0.2) is 5.78 Å². The molecule has 1 saturated heterocycles. The van der Waals surface area contributed by atoms with Gasteiger partial charge in [-0.2, -0.15) is 0 Å². The first kappa shape index (κ1) is 18.9. The van der Waals surface area contributed by atoms with Crippen LogP contribution in [0, 0.1) is 5.92 Å². The third kappa shape index (κ3) is 3.88. The molecule has 1 unspecified atom stereocenters. The van der Waals surface area contributed by atoms with Gasteiger partial charge in [-0.05, 0) is 74.8 Å². The van der Waals surface area contributed by atoms with Crippen LogP contribution in [0.2, 0.25) is 0 Å². The number of nitrogens with zero attached hydrogens (tertiary/aromatic N) is 1. The van der Waals surface area contributed by atoms with Crippen molar-refractivity contribution in [2.24, 2.45) is 5.92 Å². The number of ketones is 1. The minimum absolute atomic E-state index is 0.0170. The summed E-state index contributed by atoms with van der Waals surface area (Å²) in [6, 6.07) is 15.8. The summed E-state index contributed by atoms with van der Waals surface area (Å²) < 4.78 is 0. The highest BCUT2D eigenvalue weighted by Crippen LogP contribution is 2.31. The van der Waals surface area contributed by atoms with Gasteiger partial charge in [0.2, 0.25) is 0 Å². The van der Waals surface area contributed by atoms with Crippen molar-refractivity contribution in [2.45, 2.75) is 38.0 Å². The summed E-state index contributed by atoms with van der Waals surface area (Å²) in [5.74, 6) is -0.147. The molecule has 0 bridgehead atoms. The average Bonchev–Trinajstić information content (AvgIpc) is 2.74. The molecule has 0 saturated carbocycles. The van der Waals surface area contributed by atoms with Gasteiger partial charge in [0, 0.05) is 11.5 Å². The molecule has 1 heterocycles. The summed E-state index contributed by atoms with van der Waals surface area (Å²) in [5, 5.41) is 9.35. The van der Waals surface area contributed by atoms with E-state index in [0.717, 1.165) is 38.0 Å². The van der Waals surface area contributed by atoms with Gasteiger partial charge in [0.25, 0.3) is 0 Å². The highest BCUT2D eigenvalue weighted by molar-refractivity contribution is 6.03. The Bertz CT molecular complexity index is 853. The minimum atomic E-state index is -0.940. The number of carboxylic acid groups (broad SMARTS) is 1. The molecule has 4 rings (SSSR count). The number of carboxylic acids is 1. The largest absolute Gasteiger partial charge is 0.478 e. The number of benzene rings is 2. The maximum absolute atomic E-state index is 12.9. The van der Waals surface area contributed by atoms with E-state index in [2.05, 4.69) is 35.2 Å². The molecule has 0 spiro atoms. The number of hydrogen-bond acceptors (Lipinski definition) is 3. The fourth-order valence-electron chi connectivity index (χ4n) is 4.79. The van der Waals surface area contributed by atoms with Crippen LogP contribution < -0.4 is 0 Å². The summed E-state index contributed by atoms with van der Waals surface area (Å²) in [6.07, 6.45) is 4.66. The van der Waals surface area contributed by atoms with Crippen LogP contribution in [-0.4, -0.2) is 41.4 Å². The van der Waals surface area contributed by atoms with E-state index in [9.17, 15) is 14.7 Å². The third-order valence-electron chi connectivity index (χ3n) is 6.44. The normalized spacial score (nSPS) is 20.7. The maximum atomic E-state index is 12.9. The number of likely N-dealkylation sites (tertiary alicyclic amines) is 1. The molecule has 0 radical (unpaired) electrons. The van der Waals surface area contributed by atoms with Gasteiger partial charge in [-0.15, -0.1) is 0 Å². The number of Topliss-reactive ketones (excluding diaryl/α,β-unsaturated/α-hetero) is 1. The summed E-state index contributed by atoms with van der Waals surface area (Å²) in [6.45, 7) is 3.12. The third-order valence-corrected chi connectivity index (χ3v) is 6.44. The van der Waals surface area contributed by atoms with E-state index in [-0.39, 0.29) is 17.3 Å². The van der Waals surface area contributed by atoms with Gasteiger partial charge in [-0.1, -0.05) is 42.5 Å². The topological polar surface area (TPSA) is 57.6 Å². The molecule has 1 N–H and O–H groups in total. The summed E-state index contributed by atoms with van der Waals surface area (Å²) >= 11 is 0. The van der Waals surface area contributed by atoms with Crippen LogP contribution in [0.15, 0.2) is 48.5 Å². The lowest BCUT2D eigenvalue weighted by Gasteiger charge is -2.33. The molecule has 1 aliphatic carbocycles. The second-order valence-corrected chi connectivity index (χ2v) is 8.05. The Morgan fingerprint density at radius 1 is 1.00 bits per heavy atom. The van der Waals surface area contributed by atoms with Crippen molar-refractivity contribution in [1.29, 1.82) is 0 Å². The van der Waals surface area contributed by atoms with E-state index < -0.39 is 5.97 Å². The van der Waals surface area contributed by atoms with Gasteiger partial charge in [-0.25, -0.2) is 4.79 Å². The van der Waals surface area contributed by atoms with Crippen molar-refractivity contribution in [3.63, 3.8) is 0 Å². The molecular formula is C24H27NO3. The van der Waals surface area contributed by atoms with E-state index >= 15 is 0 Å². The van der Waals surface area contributed by atoms with Gasteiger partial charge < -0.3 is 10.0 Å². The first-order valence-corrected chi connectivity index (χ1v) is 10.3. The molecule has 2 aromatic rings. The van der Waals surface area contributed by atoms with Crippen molar-refractivity contribution in [3.05, 3.63) is 70.8 Å². The molecule has 4 heteroatoms. The van der Waals surface area contributed by atoms with Crippen molar-refractivity contribution in [1.82, 2.24) is 4.90 Å². The average molecular weight is 377 g/mol. The van der Waals surface area contributed by atoms with E-state index in [1.54, 1.807) is 18.2 Å². The number of piperidine rings is 1. The number of carbonyl (C=O) groups excluding carboxylic acids is 1. The van der Waals surface area contributed by atoms with E-state index in [1.807, 2.05) is 0 Å². The molecule has 2 aromatic carbocycles. The van der Waals surface area contributed by atoms with Gasteiger partial charge in [-0.3, -0.25) is 4.79 Å². The highest BCUT2D eigenvalue weighted by atomic mass is 16.4. The quantitative estimate of drug-likeness (QED) is 0.839. The SMILES string of the molecule is O=C(O)c1cccc2c1CCC(CCN1CCC(c3ccccc3)CC1)C2=O. The van der Waals surface area contributed by atoms with Crippen molar-refractivity contribution in [3.8, 4) is 0 Å². The fourth-order valence-corrected chi connectivity index (χ4v) is 4.79. The first-order chi connectivity index (χ1) is 13.6. The van der Waals surface area contributed by atoms with Crippen LogP contribution >= 0.6 is 0 Å². The summed E-state index contributed by atoms with van der Waals surface area (Å²) in [7, 11) is 0. The Kier molecular flexibility index (Phi) is 5.58. The van der Waals surface area contributed by atoms with E-state index in [4.69, 9.17) is 0 Å². The summed E-state index contributed by atoms with van der Waals surface area (Å²) in [5.41, 5.74) is 3.07. The molecule has 1 atom stereocenters. The van der Waals surface area contributed by atoms with Crippen molar-refractivity contribution >= 4 is 11.8 Å². The zero-order valence-electron chi connectivity index (χ0n) is 16.1. The van der Waals surface area contributed by atoms with Crippen molar-refractivity contribution in [2.75, 3.05) is 19.6 Å². The lowest BCUT2D eigenvalue weighted by molar-refractivity contribution is 0.0695. The Labute approximate surface area is 166 Å². The predicted molar refractivity (Wildman–Crippen MR) is 109 cm³/mol. The zero-order valence-corrected chi connectivity index (χ0v) is 16.1. The summed E-state index contributed by atoms with van der Waals surface area (Å²) in [4.78, 5) is 26.8. The van der Waals surface area contributed by atoms with Gasteiger partial charge in [0.05, 0.1) is 5.56 Å². The second-order valence-electron chi connectivity index (χ2n) is 8.05. The smallest absolute Gasteiger partial charge is 0.335 e. The van der Waals surface area contributed by atoms with Crippen LogP contribution in [0.3, 0.4) is 0 Å². The Hall–Kier alpha value is -2.46. The molecule has 2 aliphatic rings. The predicted octanol–water partition coefficient (Wildman–Crippen LogP) is 4.40. The molecule has 0 amide bonds. The molecule has 1 aliphatic heterocycles. The highest BCUT2D eigenvalue weighted by Gasteiger charge is 2.30. The van der Waals surface area contributed by atoms with Gasteiger partial charge in [0.1, 0.15) is 0 Å². The van der Waals surface area contributed by atoms with E-state index in [1.165, 1.54) is 18.4 Å². The minimum Gasteiger partial charge on any atom is -0.478 e. The molecule has 4 nitrogen and oxygen atoms in total. The Morgan fingerprint density at radius 3 is 2.46 bits per heavy atom. The standard InChI is InChI=1S/C24H27NO3/c26-23-19(9-10-20-21(23)7-4-8-22(20)24(27)28)13-16-25-14-11-18(12-15-25)17-5-2-1-3-6-17/h1-8,18-19H,9-16H2,(H,27,28). The van der Waals surface area contributed by atoms with Crippen LogP contribution in [0.4, 0.5) is 0 Å². The Morgan fingerprint density at radius 2 is 1.75 bits per heavy atom. The maximum Gasteiger partial charge on any atom is 0.335 e. The van der Waals surface area contributed by atoms with Crippen LogP contribution in [-0.2, 0) is 6.42 Å². The number of carbonyl (C=O) groups is 2. The van der Waals surface area contributed by atoms with Gasteiger partial charge >= 0.3 is 5.97 Å². The molecule has 1 fully saturated rings. The van der Waals surface area contributed by atoms with E-state index in [0.29, 0.717) is 17.9 Å².